The van der Waals surface area contributed by atoms with E-state index in [1.807, 2.05) is 36.4 Å². The molecule has 5 N–H and O–H groups in total. The number of hydrogen-bond acceptors (Lipinski definition) is 17. The van der Waals surface area contributed by atoms with Gasteiger partial charge in [0.1, 0.15) is 49.1 Å². The van der Waals surface area contributed by atoms with E-state index >= 15 is 0 Å². The number of carbonyl (C=O) groups is 1. The van der Waals surface area contributed by atoms with Crippen molar-refractivity contribution in [2.24, 2.45) is 0 Å². The average Bonchev–Trinajstić information content (AvgIpc) is 3.98. The second-order valence-electron chi connectivity index (χ2n) is 18.1. The minimum Gasteiger partial charge on any atom is -0.487 e. The van der Waals surface area contributed by atoms with Gasteiger partial charge in [0.2, 0.25) is 11.9 Å². The lowest BCUT2D eigenvalue weighted by Crippen LogP contribution is -2.33. The van der Waals surface area contributed by atoms with Gasteiger partial charge < -0.3 is 39.6 Å². The number of hydrogen-bond donors (Lipinski definition) is 4. The van der Waals surface area contributed by atoms with E-state index < -0.39 is 75.1 Å². The molecule has 2 saturated heterocycles. The van der Waals surface area contributed by atoms with Gasteiger partial charge in [-0.05, 0) is 52.6 Å². The Labute approximate surface area is 380 Å². The molecule has 7 atom stereocenters. The van der Waals surface area contributed by atoms with E-state index in [2.05, 4.69) is 78.4 Å². The molecule has 0 aliphatic carbocycles. The van der Waals surface area contributed by atoms with Crippen molar-refractivity contribution in [3.63, 3.8) is 0 Å². The number of nitrogens with zero attached hydrogens (tertiary/aromatic N) is 6. The summed E-state index contributed by atoms with van der Waals surface area (Å²) in [6, 6.07) is 15.1. The molecule has 0 spiro atoms. The highest BCUT2D eigenvalue weighted by atomic mass is 31.2. The van der Waals surface area contributed by atoms with Gasteiger partial charge in [-0.2, -0.15) is 9.97 Å². The van der Waals surface area contributed by atoms with Crippen LogP contribution in [-0.4, -0.2) is 89.2 Å². The number of esters is 1. The Morgan fingerprint density at radius 1 is 0.879 bits per heavy atom. The first-order valence-electron chi connectivity index (χ1n) is 21.4. The van der Waals surface area contributed by atoms with Gasteiger partial charge in [-0.1, -0.05) is 79.3 Å². The summed E-state index contributed by atoms with van der Waals surface area (Å²) in [5.74, 6) is 0.172. The van der Waals surface area contributed by atoms with Crippen molar-refractivity contribution >= 4 is 36.9 Å². The van der Waals surface area contributed by atoms with Crippen LogP contribution in [0.25, 0.3) is 11.2 Å². The van der Waals surface area contributed by atoms with Crippen LogP contribution >= 0.6 is 7.82 Å². The average molecular weight is 934 g/mol. The van der Waals surface area contributed by atoms with E-state index in [9.17, 15) is 23.8 Å². The summed E-state index contributed by atoms with van der Waals surface area (Å²) in [4.78, 5) is 69.0. The molecule has 3 unspecified atom stereocenters. The Kier molecular flexibility index (Phi) is 14.2. The molecule has 3 aromatic heterocycles. The zero-order valence-electron chi connectivity index (χ0n) is 37.8. The molecule has 5 heterocycles. The number of ether oxygens (including phenoxy) is 5. The molecule has 2 aliphatic rings. The monoisotopic (exact) mass is 933 g/mol. The third-order valence-electron chi connectivity index (χ3n) is 11.0. The predicted octanol–water partition coefficient (Wildman–Crippen LogP) is 5.43. The number of phosphoric ester groups is 1. The van der Waals surface area contributed by atoms with Crippen LogP contribution in [0.2, 0.25) is 0 Å². The quantitative estimate of drug-likeness (QED) is 0.0668. The van der Waals surface area contributed by atoms with Crippen LogP contribution in [0.4, 0.5) is 11.9 Å². The van der Waals surface area contributed by atoms with Gasteiger partial charge in [-0.15, -0.1) is 0 Å². The highest BCUT2D eigenvalue weighted by Crippen LogP contribution is 2.49. The maximum atomic E-state index is 13.5. The number of carbonyl (C=O) groups excluding carboxylic acids is 1. The van der Waals surface area contributed by atoms with Crippen molar-refractivity contribution in [1.82, 2.24) is 34.1 Å². The van der Waals surface area contributed by atoms with Crippen molar-refractivity contribution in [3.05, 3.63) is 105 Å². The van der Waals surface area contributed by atoms with Crippen LogP contribution in [0.15, 0.2) is 83.1 Å². The van der Waals surface area contributed by atoms with Gasteiger partial charge in [-0.25, -0.2) is 24.1 Å². The number of rotatable bonds is 17. The second-order valence-corrected chi connectivity index (χ2v) is 19.5. The van der Waals surface area contributed by atoms with Gasteiger partial charge in [-0.3, -0.25) is 28.0 Å². The third-order valence-corrected chi connectivity index (χ3v) is 12.0. The number of phosphoric acid groups is 1. The molecule has 2 aliphatic heterocycles. The van der Waals surface area contributed by atoms with Crippen molar-refractivity contribution < 1.29 is 47.0 Å². The molecule has 0 radical (unpaired) electrons. The van der Waals surface area contributed by atoms with Crippen molar-refractivity contribution in [1.29, 1.82) is 0 Å². The Morgan fingerprint density at radius 2 is 1.45 bits per heavy atom. The van der Waals surface area contributed by atoms with Gasteiger partial charge in [0.05, 0.1) is 25.1 Å². The summed E-state index contributed by atoms with van der Waals surface area (Å²) in [6.45, 7) is 17.5. The van der Waals surface area contributed by atoms with Crippen LogP contribution < -0.4 is 31.8 Å². The van der Waals surface area contributed by atoms with Crippen molar-refractivity contribution in [2.75, 3.05) is 30.9 Å². The van der Waals surface area contributed by atoms with Crippen molar-refractivity contribution in [2.45, 2.75) is 115 Å². The largest absolute Gasteiger partial charge is 0.487 e. The minimum absolute atomic E-state index is 0.00676. The maximum Gasteiger partial charge on any atom is 0.472 e. The number of nitrogens with two attached hydrogens (primary N) is 1. The van der Waals surface area contributed by atoms with E-state index in [0.29, 0.717) is 23.6 Å². The molecule has 0 bridgehead atoms. The van der Waals surface area contributed by atoms with Crippen LogP contribution in [-0.2, 0) is 43.4 Å². The van der Waals surface area contributed by atoms with E-state index in [1.165, 1.54) is 17.2 Å². The third kappa shape index (κ3) is 11.7. The fraction of sp³-hybridized carbons (Fsp3) is 0.477. The van der Waals surface area contributed by atoms with Gasteiger partial charge in [0, 0.05) is 18.5 Å². The molecular formula is C44H56N9O12P. The predicted molar refractivity (Wildman–Crippen MR) is 241 cm³/mol. The number of benzene rings is 2. The number of H-pyrrole nitrogens is 1. The molecule has 5 aromatic rings. The Morgan fingerprint density at radius 3 is 2.06 bits per heavy atom. The van der Waals surface area contributed by atoms with Gasteiger partial charge in [0.25, 0.3) is 5.56 Å². The number of aromatic nitrogens is 7. The smallest absolute Gasteiger partial charge is 0.472 e. The molecule has 354 valence electrons. The fourth-order valence-corrected chi connectivity index (χ4v) is 8.39. The summed E-state index contributed by atoms with van der Waals surface area (Å²) in [6.07, 6.45) is -2.86. The number of fused-ring (bicyclic) bond motifs is 1. The second kappa shape index (κ2) is 19.5. The minimum atomic E-state index is -4.86. The molecule has 22 heteroatoms. The molecule has 2 fully saturated rings. The van der Waals surface area contributed by atoms with Crippen LogP contribution in [0.3, 0.4) is 0 Å². The maximum absolute atomic E-state index is 13.5. The SMILES string of the molecule is C=C(COc1ccc(C(C)(C)C)cc1)Nc1nc2c(ncn2[C@H]2CC(OC(=O)COc3ccc(C(C)(C)C)cc3)[C@@H](COP(=O)(O)OC3C[C@H](n4cnc(N)nc4=O)O[C@@H]3CC)O2)c(=O)[nH]1. The molecule has 0 saturated carbocycles. The van der Waals surface area contributed by atoms with Crippen LogP contribution in [0.1, 0.15) is 91.3 Å². The number of anilines is 2. The molecule has 21 nitrogen and oxygen atoms in total. The van der Waals surface area contributed by atoms with E-state index in [1.54, 1.807) is 19.1 Å². The zero-order valence-corrected chi connectivity index (χ0v) is 38.7. The lowest BCUT2D eigenvalue weighted by molar-refractivity contribution is -0.155. The number of nitrogens with one attached hydrogen (secondary N) is 2. The Bertz CT molecular complexity index is 2690. The highest BCUT2D eigenvalue weighted by molar-refractivity contribution is 7.47. The first-order chi connectivity index (χ1) is 31.2. The van der Waals surface area contributed by atoms with Crippen LogP contribution in [0.5, 0.6) is 11.5 Å². The Balaban J connectivity index is 1.05. The number of aromatic amines is 1. The lowest BCUT2D eigenvalue weighted by atomic mass is 9.87. The van der Waals surface area contributed by atoms with Crippen molar-refractivity contribution in [3.8, 4) is 11.5 Å². The Hall–Kier alpha value is -5.96. The molecule has 2 aromatic carbocycles. The fourth-order valence-electron chi connectivity index (χ4n) is 7.43. The topological polar surface area (TPSA) is 268 Å². The molecule has 66 heavy (non-hydrogen) atoms. The lowest BCUT2D eigenvalue weighted by Gasteiger charge is -2.23. The zero-order chi connectivity index (χ0) is 47.6. The first kappa shape index (κ1) is 48.0. The summed E-state index contributed by atoms with van der Waals surface area (Å²) in [7, 11) is -4.86. The highest BCUT2D eigenvalue weighted by Gasteiger charge is 2.44. The van der Waals surface area contributed by atoms with Crippen LogP contribution in [0, 0.1) is 0 Å². The standard InChI is InChI=1S/C44H56N9O12P/c1-9-30-32(19-35(62-30)53-24-47-40(45)51-42(53)56)65-66(57,58)61-21-33-31(64-36(54)22-60-29-16-12-27(13-17-29)44(6,7)8)18-34(63-33)52-23-46-37-38(52)49-41(50-39(37)55)48-25(2)20-59-28-14-10-26(11-15-28)43(3,4)5/h10-17,23-24,30-35H,2,9,18-22H2,1,3-8H3,(H,57,58)(H2,45,51,56)(H2,48,49,50,55)/t30-,31?,32?,33-,34-,35-/m1/s1. The summed E-state index contributed by atoms with van der Waals surface area (Å²) < 4.78 is 56.9. The summed E-state index contributed by atoms with van der Waals surface area (Å²) in [5.41, 5.74) is 6.91. The molecule has 7 rings (SSSR count). The summed E-state index contributed by atoms with van der Waals surface area (Å²) in [5, 5.41) is 2.98. The first-order valence-corrected chi connectivity index (χ1v) is 22.9. The van der Waals surface area contributed by atoms with Gasteiger partial charge in [0.15, 0.2) is 17.8 Å². The number of imidazole rings is 1. The number of nitrogen functional groups attached to an aromatic ring is 1. The van der Waals surface area contributed by atoms with E-state index in [0.717, 1.165) is 15.7 Å². The van der Waals surface area contributed by atoms with Gasteiger partial charge >= 0.3 is 19.5 Å². The molecule has 0 amide bonds. The molecular weight excluding hydrogens is 878 g/mol. The normalized spacial score (nSPS) is 21.9. The summed E-state index contributed by atoms with van der Waals surface area (Å²) >= 11 is 0. The van der Waals surface area contributed by atoms with E-state index in [-0.39, 0.29) is 53.3 Å². The van der Waals surface area contributed by atoms with E-state index in [4.69, 9.17) is 38.5 Å².